The van der Waals surface area contributed by atoms with Crippen LogP contribution < -0.4 is 5.32 Å². The normalized spacial score (nSPS) is 22.7. The highest BCUT2D eigenvalue weighted by atomic mass is 19.4. The van der Waals surface area contributed by atoms with Crippen molar-refractivity contribution in [1.29, 1.82) is 0 Å². The molecule has 98 valence electrons. The molecule has 2 atom stereocenters. The van der Waals surface area contributed by atoms with Crippen LogP contribution >= 0.6 is 0 Å². The topological polar surface area (TPSA) is 29.1 Å². The molecular formula is C13H14F3NO. The van der Waals surface area contributed by atoms with Crippen molar-refractivity contribution >= 4 is 5.91 Å². The molecule has 1 amide bonds. The summed E-state index contributed by atoms with van der Waals surface area (Å²) in [6.07, 6.45) is -3.40. The van der Waals surface area contributed by atoms with Gasteiger partial charge in [-0.3, -0.25) is 4.79 Å². The zero-order valence-electron chi connectivity index (χ0n) is 9.92. The Morgan fingerprint density at radius 3 is 2.67 bits per heavy atom. The SMILES string of the molecule is CCC(=O)NC1CC1c1ccccc1C(F)(F)F. The van der Waals surface area contributed by atoms with Gasteiger partial charge in [-0.2, -0.15) is 13.2 Å². The van der Waals surface area contributed by atoms with E-state index >= 15 is 0 Å². The van der Waals surface area contributed by atoms with Crippen molar-refractivity contribution in [2.45, 2.75) is 37.9 Å². The second kappa shape index (κ2) is 4.63. The zero-order chi connectivity index (χ0) is 13.3. The first-order valence-corrected chi connectivity index (χ1v) is 5.89. The Balaban J connectivity index is 2.14. The van der Waals surface area contributed by atoms with Gasteiger partial charge in [0.25, 0.3) is 0 Å². The van der Waals surface area contributed by atoms with Crippen LogP contribution in [0.5, 0.6) is 0 Å². The van der Waals surface area contributed by atoms with Gasteiger partial charge < -0.3 is 5.32 Å². The summed E-state index contributed by atoms with van der Waals surface area (Å²) in [6.45, 7) is 1.72. The molecule has 18 heavy (non-hydrogen) atoms. The molecule has 1 N–H and O–H groups in total. The number of halogens is 3. The van der Waals surface area contributed by atoms with Gasteiger partial charge in [-0.1, -0.05) is 25.1 Å². The van der Waals surface area contributed by atoms with Crippen LogP contribution in [0.2, 0.25) is 0 Å². The molecular weight excluding hydrogens is 243 g/mol. The van der Waals surface area contributed by atoms with E-state index < -0.39 is 11.7 Å². The summed E-state index contributed by atoms with van der Waals surface area (Å²) in [5, 5.41) is 2.72. The predicted molar refractivity (Wildman–Crippen MR) is 61.0 cm³/mol. The lowest BCUT2D eigenvalue weighted by molar-refractivity contribution is -0.138. The van der Waals surface area contributed by atoms with Crippen molar-refractivity contribution in [3.8, 4) is 0 Å². The van der Waals surface area contributed by atoms with Crippen LogP contribution in [0.3, 0.4) is 0 Å². The van der Waals surface area contributed by atoms with Gasteiger partial charge in [-0.15, -0.1) is 0 Å². The van der Waals surface area contributed by atoms with Gasteiger partial charge in [0.1, 0.15) is 0 Å². The third-order valence-electron chi connectivity index (χ3n) is 3.12. The van der Waals surface area contributed by atoms with Gasteiger partial charge >= 0.3 is 6.18 Å². The van der Waals surface area contributed by atoms with Gasteiger partial charge in [-0.25, -0.2) is 0 Å². The molecule has 0 aliphatic heterocycles. The van der Waals surface area contributed by atoms with Crippen LogP contribution in [-0.2, 0) is 11.0 Å². The van der Waals surface area contributed by atoms with E-state index in [9.17, 15) is 18.0 Å². The average Bonchev–Trinajstić information content (AvgIpc) is 3.07. The van der Waals surface area contributed by atoms with E-state index in [4.69, 9.17) is 0 Å². The van der Waals surface area contributed by atoms with Crippen LogP contribution in [0.15, 0.2) is 24.3 Å². The maximum Gasteiger partial charge on any atom is 0.416 e. The minimum absolute atomic E-state index is 0.119. The van der Waals surface area contributed by atoms with E-state index in [1.54, 1.807) is 13.0 Å². The zero-order valence-corrected chi connectivity index (χ0v) is 9.92. The molecule has 5 heteroatoms. The monoisotopic (exact) mass is 257 g/mol. The summed E-state index contributed by atoms with van der Waals surface area (Å²) in [4.78, 5) is 11.2. The second-order valence-electron chi connectivity index (χ2n) is 4.45. The second-order valence-corrected chi connectivity index (χ2v) is 4.45. The summed E-state index contributed by atoms with van der Waals surface area (Å²) >= 11 is 0. The molecule has 0 heterocycles. The molecule has 2 unspecified atom stereocenters. The van der Waals surface area contributed by atoms with Crippen molar-refractivity contribution < 1.29 is 18.0 Å². The lowest BCUT2D eigenvalue weighted by Gasteiger charge is -2.12. The first kappa shape index (κ1) is 12.9. The van der Waals surface area contributed by atoms with Gasteiger partial charge in [0.2, 0.25) is 5.91 Å². The third kappa shape index (κ3) is 2.66. The lowest BCUT2D eigenvalue weighted by Crippen LogP contribution is -2.25. The van der Waals surface area contributed by atoms with Crippen molar-refractivity contribution in [1.82, 2.24) is 5.32 Å². The number of alkyl halides is 3. The number of carbonyl (C=O) groups excluding carboxylic acids is 1. The molecule has 1 aliphatic rings. The summed E-state index contributed by atoms with van der Waals surface area (Å²) in [5.41, 5.74) is -0.311. The highest BCUT2D eigenvalue weighted by Gasteiger charge is 2.44. The van der Waals surface area contributed by atoms with Crippen LogP contribution in [0, 0.1) is 0 Å². The van der Waals surface area contributed by atoms with Gasteiger partial charge in [0.05, 0.1) is 5.56 Å². The molecule has 1 aliphatic carbocycles. The van der Waals surface area contributed by atoms with Crippen molar-refractivity contribution in [3.63, 3.8) is 0 Å². The molecule has 1 aromatic rings. The van der Waals surface area contributed by atoms with E-state index in [0.29, 0.717) is 12.8 Å². The standard InChI is InChI=1S/C13H14F3NO/c1-2-12(18)17-11-7-9(11)8-5-3-4-6-10(8)13(14,15)16/h3-6,9,11H,2,7H2,1H3,(H,17,18). The van der Waals surface area contributed by atoms with Crippen molar-refractivity contribution in [2.24, 2.45) is 0 Å². The fraction of sp³-hybridized carbons (Fsp3) is 0.462. The Labute approximate surface area is 103 Å². The minimum atomic E-state index is -4.33. The number of carbonyl (C=O) groups is 1. The molecule has 0 aromatic heterocycles. The van der Waals surface area contributed by atoms with Gasteiger partial charge in [0.15, 0.2) is 0 Å². The van der Waals surface area contributed by atoms with Crippen molar-refractivity contribution in [2.75, 3.05) is 0 Å². The highest BCUT2D eigenvalue weighted by Crippen LogP contribution is 2.46. The largest absolute Gasteiger partial charge is 0.416 e. The van der Waals surface area contributed by atoms with Crippen LogP contribution in [0.4, 0.5) is 13.2 Å². The molecule has 1 saturated carbocycles. The fourth-order valence-corrected chi connectivity index (χ4v) is 2.09. The summed E-state index contributed by atoms with van der Waals surface area (Å²) in [5.74, 6) is -0.328. The first-order chi connectivity index (χ1) is 8.43. The average molecular weight is 257 g/mol. The van der Waals surface area contributed by atoms with E-state index in [2.05, 4.69) is 5.32 Å². The number of rotatable bonds is 3. The number of hydrogen-bond acceptors (Lipinski definition) is 1. The quantitative estimate of drug-likeness (QED) is 0.885. The summed E-state index contributed by atoms with van der Waals surface area (Å²) < 4.78 is 38.4. The Morgan fingerprint density at radius 1 is 1.39 bits per heavy atom. The van der Waals surface area contributed by atoms with E-state index in [1.165, 1.54) is 12.1 Å². The summed E-state index contributed by atoms with van der Waals surface area (Å²) in [7, 11) is 0. The van der Waals surface area contributed by atoms with Gasteiger partial charge in [0, 0.05) is 18.4 Å². The van der Waals surface area contributed by atoms with Crippen LogP contribution in [-0.4, -0.2) is 11.9 Å². The van der Waals surface area contributed by atoms with E-state index in [-0.39, 0.29) is 23.4 Å². The van der Waals surface area contributed by atoms with Crippen LogP contribution in [0.25, 0.3) is 0 Å². The number of hydrogen-bond donors (Lipinski definition) is 1. The first-order valence-electron chi connectivity index (χ1n) is 5.89. The molecule has 2 rings (SSSR count). The maximum atomic E-state index is 12.8. The Kier molecular flexibility index (Phi) is 3.32. The van der Waals surface area contributed by atoms with Crippen molar-refractivity contribution in [3.05, 3.63) is 35.4 Å². The predicted octanol–water partition coefficient (Wildman–Crippen LogP) is 3.09. The Hall–Kier alpha value is -1.52. The Morgan fingerprint density at radius 2 is 2.06 bits per heavy atom. The van der Waals surface area contributed by atoms with Gasteiger partial charge in [-0.05, 0) is 18.1 Å². The number of amides is 1. The fourth-order valence-electron chi connectivity index (χ4n) is 2.09. The highest BCUT2D eigenvalue weighted by molar-refractivity contribution is 5.76. The number of nitrogens with one attached hydrogen (secondary N) is 1. The van der Waals surface area contributed by atoms with E-state index in [0.717, 1.165) is 6.07 Å². The minimum Gasteiger partial charge on any atom is -0.353 e. The Bertz CT molecular complexity index is 456. The molecule has 1 aromatic carbocycles. The maximum absolute atomic E-state index is 12.8. The molecule has 0 bridgehead atoms. The number of benzene rings is 1. The third-order valence-corrected chi connectivity index (χ3v) is 3.12. The lowest BCUT2D eigenvalue weighted by atomic mass is 10.0. The molecule has 0 radical (unpaired) electrons. The smallest absolute Gasteiger partial charge is 0.353 e. The molecule has 2 nitrogen and oxygen atoms in total. The molecule has 0 spiro atoms. The van der Waals surface area contributed by atoms with E-state index in [1.807, 2.05) is 0 Å². The summed E-state index contributed by atoms with van der Waals surface area (Å²) in [6, 6.07) is 5.41. The molecule has 0 saturated heterocycles. The van der Waals surface area contributed by atoms with Crippen LogP contribution in [0.1, 0.15) is 36.8 Å². The molecule has 1 fully saturated rings.